The molecule has 106 valence electrons. The minimum atomic E-state index is 0.413. The van der Waals surface area contributed by atoms with Gasteiger partial charge in [-0.2, -0.15) is 0 Å². The van der Waals surface area contributed by atoms with Crippen LogP contribution < -0.4 is 9.47 Å². The Kier molecular flexibility index (Phi) is 5.18. The number of halogens is 1. The third kappa shape index (κ3) is 3.39. The van der Waals surface area contributed by atoms with E-state index in [-0.39, 0.29) is 0 Å². The van der Waals surface area contributed by atoms with Gasteiger partial charge in [0, 0.05) is 29.9 Å². The summed E-state index contributed by atoms with van der Waals surface area (Å²) >= 11 is 5.88. The van der Waals surface area contributed by atoms with Crippen LogP contribution in [0.4, 0.5) is 0 Å². The van der Waals surface area contributed by atoms with Gasteiger partial charge in [-0.05, 0) is 37.1 Å². The zero-order valence-electron chi connectivity index (χ0n) is 11.6. The van der Waals surface area contributed by atoms with E-state index in [1.54, 1.807) is 12.4 Å². The van der Waals surface area contributed by atoms with E-state index in [9.17, 15) is 0 Å². The summed E-state index contributed by atoms with van der Waals surface area (Å²) in [6.45, 7) is 4.99. The SMILES string of the molecule is CCOc1cc(-c2cc(CCl)cnc2OCC)ccn1. The maximum absolute atomic E-state index is 5.88. The molecule has 4 nitrogen and oxygen atoms in total. The van der Waals surface area contributed by atoms with Gasteiger partial charge in [-0.3, -0.25) is 0 Å². The topological polar surface area (TPSA) is 44.2 Å². The van der Waals surface area contributed by atoms with E-state index >= 15 is 0 Å². The van der Waals surface area contributed by atoms with Crippen molar-refractivity contribution in [2.45, 2.75) is 19.7 Å². The van der Waals surface area contributed by atoms with Crippen LogP contribution >= 0.6 is 11.6 Å². The van der Waals surface area contributed by atoms with Crippen LogP contribution in [0.25, 0.3) is 11.1 Å². The lowest BCUT2D eigenvalue weighted by atomic mass is 10.1. The van der Waals surface area contributed by atoms with E-state index in [4.69, 9.17) is 21.1 Å². The Hall–Kier alpha value is -1.81. The van der Waals surface area contributed by atoms with Crippen molar-refractivity contribution < 1.29 is 9.47 Å². The van der Waals surface area contributed by atoms with Gasteiger partial charge in [-0.15, -0.1) is 11.6 Å². The molecule has 20 heavy (non-hydrogen) atoms. The summed E-state index contributed by atoms with van der Waals surface area (Å²) < 4.78 is 11.0. The van der Waals surface area contributed by atoms with Crippen molar-refractivity contribution >= 4 is 11.6 Å². The molecule has 2 aromatic rings. The fourth-order valence-electron chi connectivity index (χ4n) is 1.83. The van der Waals surface area contributed by atoms with E-state index in [0.29, 0.717) is 30.9 Å². The first-order valence-electron chi connectivity index (χ1n) is 6.55. The molecule has 0 aliphatic rings. The van der Waals surface area contributed by atoms with Crippen molar-refractivity contribution in [3.8, 4) is 22.9 Å². The second kappa shape index (κ2) is 7.10. The van der Waals surface area contributed by atoms with Crippen LogP contribution in [0.15, 0.2) is 30.6 Å². The molecule has 2 heterocycles. The van der Waals surface area contributed by atoms with E-state index in [1.165, 1.54) is 0 Å². The molecule has 0 aliphatic carbocycles. The summed E-state index contributed by atoms with van der Waals surface area (Å²) in [5, 5.41) is 0. The standard InChI is InChI=1S/C15H17ClN2O2/c1-3-19-14-8-12(5-6-17-14)13-7-11(9-16)10-18-15(13)20-4-2/h5-8,10H,3-4,9H2,1-2H3. The first kappa shape index (κ1) is 14.6. The number of rotatable bonds is 6. The zero-order chi connectivity index (χ0) is 14.4. The molecule has 2 aromatic heterocycles. The Labute approximate surface area is 123 Å². The lowest BCUT2D eigenvalue weighted by molar-refractivity contribution is 0.326. The molecule has 0 spiro atoms. The van der Waals surface area contributed by atoms with Crippen LogP contribution in [0.5, 0.6) is 11.8 Å². The summed E-state index contributed by atoms with van der Waals surface area (Å²) in [4.78, 5) is 8.49. The fraction of sp³-hybridized carbons (Fsp3) is 0.333. The molecular weight excluding hydrogens is 276 g/mol. The summed E-state index contributed by atoms with van der Waals surface area (Å²) in [6, 6.07) is 5.76. The van der Waals surface area contributed by atoms with Crippen LogP contribution in [0.1, 0.15) is 19.4 Å². The van der Waals surface area contributed by atoms with Crippen LogP contribution in [-0.2, 0) is 5.88 Å². The van der Waals surface area contributed by atoms with Crippen molar-refractivity contribution in [2.24, 2.45) is 0 Å². The molecule has 0 saturated heterocycles. The maximum Gasteiger partial charge on any atom is 0.221 e. The van der Waals surface area contributed by atoms with Gasteiger partial charge in [-0.1, -0.05) is 0 Å². The van der Waals surface area contributed by atoms with Crippen molar-refractivity contribution in [1.29, 1.82) is 0 Å². The van der Waals surface area contributed by atoms with Crippen molar-refractivity contribution in [2.75, 3.05) is 13.2 Å². The highest BCUT2D eigenvalue weighted by Gasteiger charge is 2.10. The smallest absolute Gasteiger partial charge is 0.221 e. The lowest BCUT2D eigenvalue weighted by Gasteiger charge is -2.11. The molecule has 0 saturated carbocycles. The average Bonchev–Trinajstić information content (AvgIpc) is 2.48. The molecule has 0 N–H and O–H groups in total. The largest absolute Gasteiger partial charge is 0.478 e. The molecule has 0 radical (unpaired) electrons. The van der Waals surface area contributed by atoms with Gasteiger partial charge in [0.2, 0.25) is 11.8 Å². The second-order valence-corrected chi connectivity index (χ2v) is 4.35. The number of hydrogen-bond donors (Lipinski definition) is 0. The van der Waals surface area contributed by atoms with Crippen molar-refractivity contribution in [3.63, 3.8) is 0 Å². The Morgan fingerprint density at radius 1 is 1.10 bits per heavy atom. The van der Waals surface area contributed by atoms with Gasteiger partial charge in [0.05, 0.1) is 13.2 Å². The molecule has 2 rings (SSSR count). The molecule has 0 atom stereocenters. The van der Waals surface area contributed by atoms with Crippen LogP contribution in [0.3, 0.4) is 0 Å². The Morgan fingerprint density at radius 3 is 2.60 bits per heavy atom. The summed E-state index contributed by atoms with van der Waals surface area (Å²) in [5.41, 5.74) is 2.79. The maximum atomic E-state index is 5.88. The second-order valence-electron chi connectivity index (χ2n) is 4.08. The van der Waals surface area contributed by atoms with Gasteiger partial charge in [0.1, 0.15) is 0 Å². The number of ether oxygens (including phenoxy) is 2. The van der Waals surface area contributed by atoms with Gasteiger partial charge in [0.15, 0.2) is 0 Å². The highest BCUT2D eigenvalue weighted by atomic mass is 35.5. The Morgan fingerprint density at radius 2 is 1.90 bits per heavy atom. The first-order chi connectivity index (χ1) is 9.78. The average molecular weight is 293 g/mol. The fourth-order valence-corrected chi connectivity index (χ4v) is 1.98. The monoisotopic (exact) mass is 292 g/mol. The summed E-state index contributed by atoms with van der Waals surface area (Å²) in [5.74, 6) is 1.59. The van der Waals surface area contributed by atoms with Crippen molar-refractivity contribution in [1.82, 2.24) is 9.97 Å². The predicted molar refractivity (Wildman–Crippen MR) is 79.4 cm³/mol. The molecule has 0 unspecified atom stereocenters. The van der Waals surface area contributed by atoms with Gasteiger partial charge in [-0.25, -0.2) is 9.97 Å². The zero-order valence-corrected chi connectivity index (χ0v) is 12.4. The number of aromatic nitrogens is 2. The first-order valence-corrected chi connectivity index (χ1v) is 7.08. The molecule has 0 fully saturated rings. The molecule has 0 aliphatic heterocycles. The van der Waals surface area contributed by atoms with Gasteiger partial charge >= 0.3 is 0 Å². The highest BCUT2D eigenvalue weighted by Crippen LogP contribution is 2.30. The minimum Gasteiger partial charge on any atom is -0.478 e. The number of alkyl halides is 1. The third-order valence-electron chi connectivity index (χ3n) is 2.68. The minimum absolute atomic E-state index is 0.413. The number of hydrogen-bond acceptors (Lipinski definition) is 4. The molecular formula is C15H17ClN2O2. The molecule has 0 bridgehead atoms. The quantitative estimate of drug-likeness (QED) is 0.762. The van der Waals surface area contributed by atoms with Crippen LogP contribution in [0, 0.1) is 0 Å². The summed E-state index contributed by atoms with van der Waals surface area (Å²) in [6.07, 6.45) is 3.44. The van der Waals surface area contributed by atoms with E-state index < -0.39 is 0 Å². The summed E-state index contributed by atoms with van der Waals surface area (Å²) in [7, 11) is 0. The molecule has 0 amide bonds. The van der Waals surface area contributed by atoms with Crippen LogP contribution in [0.2, 0.25) is 0 Å². The molecule has 0 aromatic carbocycles. The van der Waals surface area contributed by atoms with E-state index in [0.717, 1.165) is 16.7 Å². The number of pyridine rings is 2. The lowest BCUT2D eigenvalue weighted by Crippen LogP contribution is -1.99. The Bertz CT molecular complexity index is 576. The third-order valence-corrected chi connectivity index (χ3v) is 2.99. The van der Waals surface area contributed by atoms with Gasteiger partial charge in [0.25, 0.3) is 0 Å². The van der Waals surface area contributed by atoms with Crippen LogP contribution in [-0.4, -0.2) is 23.2 Å². The van der Waals surface area contributed by atoms with Gasteiger partial charge < -0.3 is 9.47 Å². The highest BCUT2D eigenvalue weighted by molar-refractivity contribution is 6.17. The van der Waals surface area contributed by atoms with E-state index in [2.05, 4.69) is 9.97 Å². The van der Waals surface area contributed by atoms with E-state index in [1.807, 2.05) is 32.0 Å². The predicted octanol–water partition coefficient (Wildman–Crippen LogP) is 3.68. The normalized spacial score (nSPS) is 10.3. The van der Waals surface area contributed by atoms with Crippen molar-refractivity contribution in [3.05, 3.63) is 36.2 Å². The molecule has 5 heteroatoms. The Balaban J connectivity index is 2.45. The number of nitrogens with zero attached hydrogens (tertiary/aromatic N) is 2.